The molecule has 1 heterocycles. The SMILES string of the molecule is C=CC=C(C)C1Oc2ccc(O)cc2C(C)=C1C(=CC)C(F)=CC. The van der Waals surface area contributed by atoms with Crippen LogP contribution in [0.1, 0.15) is 33.3 Å². The second-order valence-electron chi connectivity index (χ2n) is 5.70. The Morgan fingerprint density at radius 1 is 1.29 bits per heavy atom. The van der Waals surface area contributed by atoms with Gasteiger partial charge in [0.25, 0.3) is 0 Å². The Morgan fingerprint density at radius 3 is 2.58 bits per heavy atom. The number of halogens is 1. The minimum absolute atomic E-state index is 0.154. The van der Waals surface area contributed by atoms with E-state index in [0.717, 1.165) is 22.3 Å². The number of hydrogen-bond acceptors (Lipinski definition) is 2. The number of hydrogen-bond donors (Lipinski definition) is 1. The Morgan fingerprint density at radius 2 is 2.00 bits per heavy atom. The highest BCUT2D eigenvalue weighted by molar-refractivity contribution is 5.80. The lowest BCUT2D eigenvalue weighted by Crippen LogP contribution is -2.27. The van der Waals surface area contributed by atoms with Crippen LogP contribution in [0.15, 0.2) is 71.6 Å². The van der Waals surface area contributed by atoms with Gasteiger partial charge in [0.2, 0.25) is 0 Å². The molecule has 0 amide bonds. The second kappa shape index (κ2) is 7.35. The molecule has 0 aliphatic carbocycles. The highest BCUT2D eigenvalue weighted by Gasteiger charge is 2.31. The fourth-order valence-corrected chi connectivity index (χ4v) is 2.96. The summed E-state index contributed by atoms with van der Waals surface area (Å²) >= 11 is 0. The molecular formula is C21H23FO2. The maximum Gasteiger partial charge on any atom is 0.146 e. The summed E-state index contributed by atoms with van der Waals surface area (Å²) < 4.78 is 20.6. The average molecular weight is 326 g/mol. The van der Waals surface area contributed by atoms with Crippen molar-refractivity contribution in [2.45, 2.75) is 33.8 Å². The van der Waals surface area contributed by atoms with Gasteiger partial charge >= 0.3 is 0 Å². The van der Waals surface area contributed by atoms with Crippen molar-refractivity contribution in [2.24, 2.45) is 0 Å². The van der Waals surface area contributed by atoms with Crippen LogP contribution in [0.5, 0.6) is 11.5 Å². The van der Waals surface area contributed by atoms with E-state index in [1.165, 1.54) is 6.08 Å². The van der Waals surface area contributed by atoms with E-state index < -0.39 is 6.10 Å². The highest BCUT2D eigenvalue weighted by atomic mass is 19.1. The Hall–Kier alpha value is -2.55. The van der Waals surface area contributed by atoms with Gasteiger partial charge in [0.15, 0.2) is 0 Å². The summed E-state index contributed by atoms with van der Waals surface area (Å²) in [6.07, 6.45) is 6.34. The van der Waals surface area contributed by atoms with Gasteiger partial charge in [-0.15, -0.1) is 0 Å². The van der Waals surface area contributed by atoms with Crippen molar-refractivity contribution in [1.82, 2.24) is 0 Å². The normalized spacial score (nSPS) is 19.0. The molecule has 3 heteroatoms. The fourth-order valence-electron chi connectivity index (χ4n) is 2.96. The van der Waals surface area contributed by atoms with Crippen LogP contribution in [0.25, 0.3) is 5.57 Å². The molecule has 1 aromatic rings. The molecule has 126 valence electrons. The largest absolute Gasteiger partial charge is 0.508 e. The highest BCUT2D eigenvalue weighted by Crippen LogP contribution is 2.43. The maximum atomic E-state index is 14.4. The zero-order valence-electron chi connectivity index (χ0n) is 14.6. The quantitative estimate of drug-likeness (QED) is 0.700. The molecule has 0 spiro atoms. The summed E-state index contributed by atoms with van der Waals surface area (Å²) in [5.41, 5.74) is 3.86. The monoisotopic (exact) mass is 326 g/mol. The van der Waals surface area contributed by atoms with Crippen LogP contribution in [0.4, 0.5) is 4.39 Å². The Labute approximate surface area is 143 Å². The first-order valence-corrected chi connectivity index (χ1v) is 7.93. The van der Waals surface area contributed by atoms with Gasteiger partial charge in [-0.2, -0.15) is 0 Å². The lowest BCUT2D eigenvalue weighted by molar-refractivity contribution is 0.268. The molecule has 1 aliphatic rings. The van der Waals surface area contributed by atoms with Gasteiger partial charge in [-0.1, -0.05) is 30.9 Å². The molecule has 2 rings (SSSR count). The van der Waals surface area contributed by atoms with E-state index in [9.17, 15) is 9.50 Å². The van der Waals surface area contributed by atoms with E-state index >= 15 is 0 Å². The van der Waals surface area contributed by atoms with Gasteiger partial charge in [0.1, 0.15) is 23.4 Å². The predicted octanol–water partition coefficient (Wildman–Crippen LogP) is 5.88. The second-order valence-corrected chi connectivity index (χ2v) is 5.70. The Kier molecular flexibility index (Phi) is 5.45. The zero-order chi connectivity index (χ0) is 17.9. The molecule has 0 aromatic heterocycles. The van der Waals surface area contributed by atoms with E-state index in [-0.39, 0.29) is 11.6 Å². The van der Waals surface area contributed by atoms with Crippen molar-refractivity contribution in [2.75, 3.05) is 0 Å². The summed E-state index contributed by atoms with van der Waals surface area (Å²) in [6, 6.07) is 4.97. The van der Waals surface area contributed by atoms with Crippen molar-refractivity contribution in [1.29, 1.82) is 0 Å². The van der Waals surface area contributed by atoms with Crippen LogP contribution < -0.4 is 4.74 Å². The van der Waals surface area contributed by atoms with Crippen LogP contribution in [-0.4, -0.2) is 11.2 Å². The third-order valence-corrected chi connectivity index (χ3v) is 4.16. The molecular weight excluding hydrogens is 303 g/mol. The first-order valence-electron chi connectivity index (χ1n) is 7.93. The summed E-state index contributed by atoms with van der Waals surface area (Å²) in [4.78, 5) is 0. The number of allylic oxidation sites excluding steroid dienone is 6. The smallest absolute Gasteiger partial charge is 0.146 e. The number of ether oxygens (including phenoxy) is 1. The minimum Gasteiger partial charge on any atom is -0.508 e. The topological polar surface area (TPSA) is 29.5 Å². The molecule has 1 unspecified atom stereocenters. The molecule has 1 aliphatic heterocycles. The van der Waals surface area contributed by atoms with E-state index in [1.54, 1.807) is 44.2 Å². The van der Waals surface area contributed by atoms with Crippen LogP contribution in [0.2, 0.25) is 0 Å². The van der Waals surface area contributed by atoms with Crippen molar-refractivity contribution in [3.63, 3.8) is 0 Å². The van der Waals surface area contributed by atoms with E-state index in [1.807, 2.05) is 19.9 Å². The molecule has 0 saturated heterocycles. The molecule has 1 atom stereocenters. The Balaban J connectivity index is 2.76. The third kappa shape index (κ3) is 3.21. The number of aromatic hydroxyl groups is 1. The summed E-state index contributed by atoms with van der Waals surface area (Å²) in [7, 11) is 0. The van der Waals surface area contributed by atoms with Gasteiger partial charge in [-0.05, 0) is 57.0 Å². The zero-order valence-corrected chi connectivity index (χ0v) is 14.6. The Bertz CT molecular complexity index is 779. The maximum absolute atomic E-state index is 14.4. The van der Waals surface area contributed by atoms with Crippen molar-refractivity contribution in [3.05, 3.63) is 77.2 Å². The molecule has 24 heavy (non-hydrogen) atoms. The van der Waals surface area contributed by atoms with Gasteiger partial charge in [0, 0.05) is 16.7 Å². The lowest BCUT2D eigenvalue weighted by Gasteiger charge is -2.32. The first-order chi connectivity index (χ1) is 11.4. The van der Waals surface area contributed by atoms with Gasteiger partial charge in [-0.25, -0.2) is 4.39 Å². The standard InChI is InChI=1S/C21H23FO2/c1-6-9-13(4)21-20(16(7-2)18(22)8-3)14(5)17-12-15(23)10-11-19(17)24-21/h6-12,21,23H,1H2,2-5H3. The van der Waals surface area contributed by atoms with Crippen LogP contribution in [0.3, 0.4) is 0 Å². The van der Waals surface area contributed by atoms with E-state index in [4.69, 9.17) is 4.74 Å². The minimum atomic E-state index is -0.406. The van der Waals surface area contributed by atoms with Crippen LogP contribution in [0, 0.1) is 0 Å². The van der Waals surface area contributed by atoms with Crippen molar-refractivity contribution in [3.8, 4) is 11.5 Å². The lowest BCUT2D eigenvalue weighted by atomic mass is 9.85. The van der Waals surface area contributed by atoms with E-state index in [2.05, 4.69) is 6.58 Å². The first kappa shape index (κ1) is 17.8. The van der Waals surface area contributed by atoms with Crippen LogP contribution in [-0.2, 0) is 0 Å². The molecule has 0 saturated carbocycles. The summed E-state index contributed by atoms with van der Waals surface area (Å²) in [5.74, 6) is 0.532. The summed E-state index contributed by atoms with van der Waals surface area (Å²) in [5, 5.41) is 9.80. The number of phenols is 1. The predicted molar refractivity (Wildman–Crippen MR) is 97.7 cm³/mol. The number of benzene rings is 1. The number of rotatable bonds is 4. The molecule has 1 N–H and O–H groups in total. The number of fused-ring (bicyclic) bond motifs is 1. The molecule has 2 nitrogen and oxygen atoms in total. The van der Waals surface area contributed by atoms with Gasteiger partial charge < -0.3 is 9.84 Å². The average Bonchev–Trinajstić information content (AvgIpc) is 2.57. The summed E-state index contributed by atoms with van der Waals surface area (Å²) in [6.45, 7) is 11.1. The molecule has 0 fully saturated rings. The van der Waals surface area contributed by atoms with Gasteiger partial charge in [-0.3, -0.25) is 0 Å². The van der Waals surface area contributed by atoms with Gasteiger partial charge in [0.05, 0.1) is 0 Å². The van der Waals surface area contributed by atoms with Crippen molar-refractivity contribution < 1.29 is 14.2 Å². The van der Waals surface area contributed by atoms with Crippen molar-refractivity contribution >= 4 is 5.57 Å². The molecule has 0 bridgehead atoms. The molecule has 1 aromatic carbocycles. The third-order valence-electron chi connectivity index (χ3n) is 4.16. The number of phenolic OH excluding ortho intramolecular Hbond substituents is 1. The molecule has 0 radical (unpaired) electrons. The van der Waals surface area contributed by atoms with E-state index in [0.29, 0.717) is 11.3 Å². The fraction of sp³-hybridized carbons (Fsp3) is 0.238. The van der Waals surface area contributed by atoms with Crippen LogP contribution >= 0.6 is 0 Å².